The van der Waals surface area contributed by atoms with E-state index in [-0.39, 0.29) is 11.9 Å². The second-order valence-corrected chi connectivity index (χ2v) is 8.69. The summed E-state index contributed by atoms with van der Waals surface area (Å²) in [5.74, 6) is 1.89. The minimum atomic E-state index is -0.272. The van der Waals surface area contributed by atoms with Crippen LogP contribution in [0.4, 0.5) is 10.1 Å². The summed E-state index contributed by atoms with van der Waals surface area (Å²) >= 11 is 0. The summed E-state index contributed by atoms with van der Waals surface area (Å²) in [6, 6.07) is 22.4. The van der Waals surface area contributed by atoms with Gasteiger partial charge in [-0.25, -0.2) is 9.07 Å². The Morgan fingerprint density at radius 1 is 0.889 bits per heavy atom. The number of tetrazole rings is 1. The molecule has 0 amide bonds. The highest BCUT2D eigenvalue weighted by molar-refractivity contribution is 5.47. The Morgan fingerprint density at radius 3 is 2.33 bits per heavy atom. The molecule has 186 valence electrons. The van der Waals surface area contributed by atoms with Crippen LogP contribution in [0.25, 0.3) is 0 Å². The van der Waals surface area contributed by atoms with Gasteiger partial charge in [0.1, 0.15) is 23.4 Å². The molecule has 1 fully saturated rings. The van der Waals surface area contributed by atoms with Gasteiger partial charge in [-0.3, -0.25) is 4.90 Å². The van der Waals surface area contributed by atoms with Crippen LogP contribution in [-0.2, 0) is 6.54 Å². The minimum Gasteiger partial charge on any atom is -0.497 e. The topological polar surface area (TPSA) is 68.5 Å². The number of anilines is 1. The van der Waals surface area contributed by atoms with E-state index in [4.69, 9.17) is 9.47 Å². The van der Waals surface area contributed by atoms with E-state index in [1.165, 1.54) is 17.8 Å². The number of benzene rings is 3. The zero-order valence-corrected chi connectivity index (χ0v) is 20.4. The van der Waals surface area contributed by atoms with Crippen molar-refractivity contribution in [2.24, 2.45) is 0 Å². The van der Waals surface area contributed by atoms with Gasteiger partial charge in [0, 0.05) is 37.4 Å². The molecule has 0 saturated carbocycles. The molecule has 2 heterocycles. The molecular weight excluding hydrogens is 459 g/mol. The fraction of sp³-hybridized carbons (Fsp3) is 0.296. The van der Waals surface area contributed by atoms with Crippen molar-refractivity contribution in [3.05, 3.63) is 95.6 Å². The number of piperazine rings is 1. The van der Waals surface area contributed by atoms with Gasteiger partial charge in [-0.15, -0.1) is 5.10 Å². The van der Waals surface area contributed by atoms with E-state index in [1.54, 1.807) is 31.0 Å². The molecular formula is C27H29FN6O2. The van der Waals surface area contributed by atoms with Crippen LogP contribution in [0.5, 0.6) is 11.5 Å². The summed E-state index contributed by atoms with van der Waals surface area (Å²) in [5.41, 5.74) is 3.06. The van der Waals surface area contributed by atoms with E-state index in [2.05, 4.69) is 49.6 Å². The maximum Gasteiger partial charge on any atom is 0.173 e. The first kappa shape index (κ1) is 23.7. The lowest BCUT2D eigenvalue weighted by molar-refractivity contribution is 0.197. The van der Waals surface area contributed by atoms with Crippen LogP contribution in [0.15, 0.2) is 72.8 Å². The summed E-state index contributed by atoms with van der Waals surface area (Å²) in [6.07, 6.45) is 0. The van der Waals surface area contributed by atoms with E-state index in [1.807, 2.05) is 24.3 Å². The van der Waals surface area contributed by atoms with Gasteiger partial charge in [-0.2, -0.15) is 0 Å². The van der Waals surface area contributed by atoms with Crippen molar-refractivity contribution >= 4 is 5.69 Å². The van der Waals surface area contributed by atoms with Crippen LogP contribution in [0.3, 0.4) is 0 Å². The number of rotatable bonds is 8. The van der Waals surface area contributed by atoms with Crippen molar-refractivity contribution in [2.45, 2.75) is 12.6 Å². The Morgan fingerprint density at radius 2 is 1.64 bits per heavy atom. The average Bonchev–Trinajstić information content (AvgIpc) is 3.38. The van der Waals surface area contributed by atoms with Crippen LogP contribution in [-0.4, -0.2) is 65.5 Å². The Hall–Kier alpha value is -3.98. The quantitative estimate of drug-likeness (QED) is 0.374. The molecule has 1 saturated heterocycles. The fourth-order valence-corrected chi connectivity index (χ4v) is 4.71. The number of halogens is 1. The molecule has 1 aromatic heterocycles. The Bertz CT molecular complexity index is 1270. The summed E-state index contributed by atoms with van der Waals surface area (Å²) in [7, 11) is 3.31. The molecule has 9 heteroatoms. The number of para-hydroxylation sites is 1. The predicted molar refractivity (Wildman–Crippen MR) is 135 cm³/mol. The van der Waals surface area contributed by atoms with E-state index in [0.29, 0.717) is 12.4 Å². The highest BCUT2D eigenvalue weighted by Gasteiger charge is 2.33. The van der Waals surface area contributed by atoms with Crippen molar-refractivity contribution in [2.75, 3.05) is 45.3 Å². The first-order chi connectivity index (χ1) is 17.7. The van der Waals surface area contributed by atoms with Crippen molar-refractivity contribution < 1.29 is 13.9 Å². The van der Waals surface area contributed by atoms with Gasteiger partial charge in [0.2, 0.25) is 0 Å². The van der Waals surface area contributed by atoms with Gasteiger partial charge in [-0.05, 0) is 58.5 Å². The standard InChI is InChI=1S/C27H29FN6O2/c1-35-23-12-13-25(36-2)24(18-23)26(33-16-14-32(15-17-33)22-6-4-3-5-7-22)27-29-30-31-34(27)19-20-8-10-21(28)11-9-20/h3-13,18,26H,14-17,19H2,1-2H3. The normalized spacial score (nSPS) is 15.0. The van der Waals surface area contributed by atoms with Gasteiger partial charge in [0.05, 0.1) is 20.8 Å². The van der Waals surface area contributed by atoms with Gasteiger partial charge >= 0.3 is 0 Å². The zero-order valence-electron chi connectivity index (χ0n) is 20.4. The number of nitrogens with zero attached hydrogens (tertiary/aromatic N) is 6. The van der Waals surface area contributed by atoms with Crippen LogP contribution in [0.2, 0.25) is 0 Å². The number of ether oxygens (including phenoxy) is 2. The second-order valence-electron chi connectivity index (χ2n) is 8.69. The van der Waals surface area contributed by atoms with Crippen LogP contribution < -0.4 is 14.4 Å². The third-order valence-corrected chi connectivity index (χ3v) is 6.58. The molecule has 0 bridgehead atoms. The second kappa shape index (κ2) is 10.7. The lowest BCUT2D eigenvalue weighted by atomic mass is 10.0. The molecule has 0 radical (unpaired) electrons. The van der Waals surface area contributed by atoms with Crippen molar-refractivity contribution in [3.8, 4) is 11.5 Å². The summed E-state index contributed by atoms with van der Waals surface area (Å²) in [6.45, 7) is 3.78. The van der Waals surface area contributed by atoms with E-state index in [9.17, 15) is 4.39 Å². The smallest absolute Gasteiger partial charge is 0.173 e. The van der Waals surface area contributed by atoms with Crippen molar-refractivity contribution in [3.63, 3.8) is 0 Å². The number of aromatic nitrogens is 4. The molecule has 0 N–H and O–H groups in total. The van der Waals surface area contributed by atoms with E-state index >= 15 is 0 Å². The molecule has 0 aliphatic carbocycles. The molecule has 1 aliphatic heterocycles. The summed E-state index contributed by atoms with van der Waals surface area (Å²) in [5, 5.41) is 12.8. The molecule has 5 rings (SSSR count). The van der Waals surface area contributed by atoms with Gasteiger partial charge in [0.15, 0.2) is 5.82 Å². The molecule has 0 spiro atoms. The lowest BCUT2D eigenvalue weighted by Gasteiger charge is -2.40. The molecule has 3 aromatic carbocycles. The Kier molecular flexibility index (Phi) is 7.08. The molecule has 1 aliphatic rings. The first-order valence-corrected chi connectivity index (χ1v) is 11.9. The highest BCUT2D eigenvalue weighted by Crippen LogP contribution is 2.37. The van der Waals surface area contributed by atoms with Crippen molar-refractivity contribution in [1.29, 1.82) is 0 Å². The molecule has 8 nitrogen and oxygen atoms in total. The average molecular weight is 489 g/mol. The van der Waals surface area contributed by atoms with Crippen LogP contribution >= 0.6 is 0 Å². The fourth-order valence-electron chi connectivity index (χ4n) is 4.71. The monoisotopic (exact) mass is 488 g/mol. The molecule has 1 unspecified atom stereocenters. The summed E-state index contributed by atoms with van der Waals surface area (Å²) in [4.78, 5) is 4.77. The van der Waals surface area contributed by atoms with Gasteiger partial charge in [-0.1, -0.05) is 30.3 Å². The highest BCUT2D eigenvalue weighted by atomic mass is 19.1. The lowest BCUT2D eigenvalue weighted by Crippen LogP contribution is -2.48. The van der Waals surface area contributed by atoms with E-state index < -0.39 is 0 Å². The summed E-state index contributed by atoms with van der Waals surface area (Å²) < 4.78 is 26.6. The zero-order chi connectivity index (χ0) is 24.9. The largest absolute Gasteiger partial charge is 0.497 e. The van der Waals surface area contributed by atoms with Crippen LogP contribution in [0.1, 0.15) is 23.0 Å². The number of hydrogen-bond acceptors (Lipinski definition) is 7. The molecule has 36 heavy (non-hydrogen) atoms. The Labute approximate surface area is 209 Å². The Balaban J connectivity index is 1.50. The molecule has 4 aromatic rings. The number of hydrogen-bond donors (Lipinski definition) is 0. The third kappa shape index (κ3) is 5.01. The maximum atomic E-state index is 13.5. The maximum absolute atomic E-state index is 13.5. The van der Waals surface area contributed by atoms with Gasteiger partial charge < -0.3 is 14.4 Å². The third-order valence-electron chi connectivity index (χ3n) is 6.58. The number of methoxy groups -OCH3 is 2. The van der Waals surface area contributed by atoms with Crippen molar-refractivity contribution in [1.82, 2.24) is 25.1 Å². The predicted octanol–water partition coefficient (Wildman–Crippen LogP) is 3.79. The minimum absolute atomic E-state index is 0.261. The molecule has 1 atom stereocenters. The van der Waals surface area contributed by atoms with Gasteiger partial charge in [0.25, 0.3) is 0 Å². The van der Waals surface area contributed by atoms with Crippen LogP contribution in [0, 0.1) is 5.82 Å². The SMILES string of the molecule is COc1ccc(OC)c(C(c2nnnn2Cc2ccc(F)cc2)N2CCN(c3ccccc3)CC2)c1. The van der Waals surface area contributed by atoms with E-state index in [0.717, 1.165) is 48.8 Å². The first-order valence-electron chi connectivity index (χ1n) is 11.9.